The molecule has 7 heteroatoms. The molecular formula is C9H10ClF4NO. The largest absolute Gasteiger partial charge is 0.396 e. The van der Waals surface area contributed by atoms with E-state index < -0.39 is 41.5 Å². The van der Waals surface area contributed by atoms with Crippen LogP contribution in [0.3, 0.4) is 0 Å². The van der Waals surface area contributed by atoms with Gasteiger partial charge in [0.25, 0.3) is 0 Å². The van der Waals surface area contributed by atoms with Crippen LogP contribution in [-0.2, 0) is 0 Å². The molecule has 0 aliphatic rings. The summed E-state index contributed by atoms with van der Waals surface area (Å²) in [4.78, 5) is 0. The molecule has 16 heavy (non-hydrogen) atoms. The van der Waals surface area contributed by atoms with Crippen LogP contribution in [0.4, 0.5) is 17.6 Å². The van der Waals surface area contributed by atoms with Crippen molar-refractivity contribution in [1.29, 1.82) is 0 Å². The van der Waals surface area contributed by atoms with E-state index in [2.05, 4.69) is 0 Å². The maximum Gasteiger partial charge on any atom is 0.166 e. The summed E-state index contributed by atoms with van der Waals surface area (Å²) in [6.07, 6.45) is -0.184. The molecule has 0 aliphatic carbocycles. The van der Waals surface area contributed by atoms with Crippen molar-refractivity contribution in [3.05, 3.63) is 34.9 Å². The van der Waals surface area contributed by atoms with E-state index in [4.69, 9.17) is 10.8 Å². The lowest BCUT2D eigenvalue weighted by atomic mass is 10.0. The average molecular weight is 260 g/mol. The Kier molecular flexibility index (Phi) is 5.71. The average Bonchev–Trinajstić information content (AvgIpc) is 2.16. The summed E-state index contributed by atoms with van der Waals surface area (Å²) in [6.45, 7) is -0.432. The molecule has 1 atom stereocenters. The zero-order chi connectivity index (χ0) is 11.6. The fourth-order valence-electron chi connectivity index (χ4n) is 1.20. The summed E-state index contributed by atoms with van der Waals surface area (Å²) < 4.78 is 51.6. The Morgan fingerprint density at radius 2 is 1.56 bits per heavy atom. The number of benzene rings is 1. The topological polar surface area (TPSA) is 46.2 Å². The van der Waals surface area contributed by atoms with Gasteiger partial charge in [0.15, 0.2) is 23.3 Å². The predicted octanol–water partition coefficient (Wildman–Crippen LogP) is 2.05. The molecule has 0 aromatic heterocycles. The van der Waals surface area contributed by atoms with Gasteiger partial charge in [-0.15, -0.1) is 12.4 Å². The Labute approximate surface area is 95.5 Å². The van der Waals surface area contributed by atoms with E-state index in [0.29, 0.717) is 0 Å². The van der Waals surface area contributed by atoms with Crippen LogP contribution in [0.5, 0.6) is 0 Å². The minimum Gasteiger partial charge on any atom is -0.396 e. The molecule has 2 nitrogen and oxygen atoms in total. The molecule has 0 fully saturated rings. The number of halogens is 5. The van der Waals surface area contributed by atoms with Crippen molar-refractivity contribution >= 4 is 12.4 Å². The Morgan fingerprint density at radius 1 is 1.12 bits per heavy atom. The highest BCUT2D eigenvalue weighted by Crippen LogP contribution is 2.25. The first kappa shape index (κ1) is 15.2. The van der Waals surface area contributed by atoms with Crippen molar-refractivity contribution in [2.75, 3.05) is 6.61 Å². The first-order valence-electron chi connectivity index (χ1n) is 4.18. The smallest absolute Gasteiger partial charge is 0.166 e. The minimum atomic E-state index is -1.52. The van der Waals surface area contributed by atoms with Gasteiger partial charge in [-0.1, -0.05) is 0 Å². The molecule has 0 bridgehead atoms. The van der Waals surface area contributed by atoms with Crippen LogP contribution in [-0.4, -0.2) is 11.7 Å². The van der Waals surface area contributed by atoms with E-state index in [1.807, 2.05) is 0 Å². The molecule has 0 heterocycles. The molecule has 3 N–H and O–H groups in total. The normalized spacial score (nSPS) is 12.1. The standard InChI is InChI=1S/C9H9F4NO.ClH/c10-4-3-5(11)9(13)7(8(4)12)6(14)1-2-15;/h3,6,15H,1-2,14H2;1H/t6-;/m0./s1. The van der Waals surface area contributed by atoms with Gasteiger partial charge < -0.3 is 10.8 Å². The summed E-state index contributed by atoms with van der Waals surface area (Å²) in [5, 5.41) is 8.51. The summed E-state index contributed by atoms with van der Waals surface area (Å²) in [5.74, 6) is -6.04. The molecule has 0 unspecified atom stereocenters. The quantitative estimate of drug-likeness (QED) is 0.645. The summed E-state index contributed by atoms with van der Waals surface area (Å²) >= 11 is 0. The highest BCUT2D eigenvalue weighted by atomic mass is 35.5. The highest BCUT2D eigenvalue weighted by Gasteiger charge is 2.23. The van der Waals surface area contributed by atoms with E-state index in [0.717, 1.165) is 0 Å². The number of hydrogen-bond donors (Lipinski definition) is 2. The zero-order valence-corrected chi connectivity index (χ0v) is 8.83. The molecule has 0 amide bonds. The van der Waals surface area contributed by atoms with Crippen LogP contribution in [0.2, 0.25) is 0 Å². The number of aliphatic hydroxyl groups excluding tert-OH is 1. The van der Waals surface area contributed by atoms with Gasteiger partial charge in [0.05, 0.1) is 0 Å². The van der Waals surface area contributed by atoms with Gasteiger partial charge >= 0.3 is 0 Å². The Balaban J connectivity index is 0.00000225. The second kappa shape index (κ2) is 6.03. The Morgan fingerprint density at radius 3 is 1.94 bits per heavy atom. The van der Waals surface area contributed by atoms with Crippen molar-refractivity contribution in [2.45, 2.75) is 12.5 Å². The van der Waals surface area contributed by atoms with Crippen LogP contribution < -0.4 is 5.73 Å². The highest BCUT2D eigenvalue weighted by molar-refractivity contribution is 5.85. The van der Waals surface area contributed by atoms with E-state index in [-0.39, 0.29) is 24.9 Å². The van der Waals surface area contributed by atoms with Crippen molar-refractivity contribution in [3.63, 3.8) is 0 Å². The summed E-state index contributed by atoms with van der Waals surface area (Å²) in [6, 6.07) is -1.17. The third-order valence-corrected chi connectivity index (χ3v) is 1.96. The predicted molar refractivity (Wildman–Crippen MR) is 52.2 cm³/mol. The summed E-state index contributed by atoms with van der Waals surface area (Å²) in [7, 11) is 0. The van der Waals surface area contributed by atoms with E-state index in [1.165, 1.54) is 0 Å². The number of aliphatic hydroxyl groups is 1. The maximum absolute atomic E-state index is 13.1. The van der Waals surface area contributed by atoms with Crippen LogP contribution >= 0.6 is 12.4 Å². The van der Waals surface area contributed by atoms with Crippen LogP contribution in [0.15, 0.2) is 6.07 Å². The van der Waals surface area contributed by atoms with Crippen LogP contribution in [0, 0.1) is 23.3 Å². The Hall–Kier alpha value is -0.850. The van der Waals surface area contributed by atoms with Gasteiger partial charge in [0.2, 0.25) is 0 Å². The van der Waals surface area contributed by atoms with Crippen molar-refractivity contribution < 1.29 is 22.7 Å². The molecule has 0 saturated carbocycles. The first-order valence-corrected chi connectivity index (χ1v) is 4.18. The Bertz CT molecular complexity index is 349. The van der Waals surface area contributed by atoms with E-state index in [9.17, 15) is 17.6 Å². The third-order valence-electron chi connectivity index (χ3n) is 1.96. The van der Waals surface area contributed by atoms with Crippen molar-refractivity contribution in [3.8, 4) is 0 Å². The van der Waals surface area contributed by atoms with Gasteiger partial charge in [-0.25, -0.2) is 17.6 Å². The van der Waals surface area contributed by atoms with Gasteiger partial charge in [-0.3, -0.25) is 0 Å². The molecule has 0 saturated heterocycles. The van der Waals surface area contributed by atoms with Gasteiger partial charge in [-0.2, -0.15) is 0 Å². The molecule has 1 aromatic rings. The fraction of sp³-hybridized carbons (Fsp3) is 0.333. The summed E-state index contributed by atoms with van der Waals surface area (Å²) in [5.41, 5.74) is 4.40. The monoisotopic (exact) mass is 259 g/mol. The van der Waals surface area contributed by atoms with Crippen molar-refractivity contribution in [1.82, 2.24) is 0 Å². The van der Waals surface area contributed by atoms with Crippen LogP contribution in [0.1, 0.15) is 18.0 Å². The van der Waals surface area contributed by atoms with Crippen molar-refractivity contribution in [2.24, 2.45) is 5.73 Å². The fourth-order valence-corrected chi connectivity index (χ4v) is 1.20. The lowest BCUT2D eigenvalue weighted by Crippen LogP contribution is -2.17. The number of nitrogens with two attached hydrogens (primary N) is 1. The lowest BCUT2D eigenvalue weighted by molar-refractivity contribution is 0.272. The van der Waals surface area contributed by atoms with E-state index >= 15 is 0 Å². The minimum absolute atomic E-state index is 0. The first-order chi connectivity index (χ1) is 6.99. The maximum atomic E-state index is 13.1. The van der Waals surface area contributed by atoms with Gasteiger partial charge in [-0.05, 0) is 6.42 Å². The van der Waals surface area contributed by atoms with Gasteiger partial charge in [0, 0.05) is 24.3 Å². The van der Waals surface area contributed by atoms with E-state index in [1.54, 1.807) is 0 Å². The number of rotatable bonds is 3. The molecule has 92 valence electrons. The third kappa shape index (κ3) is 2.84. The molecular weight excluding hydrogens is 250 g/mol. The lowest BCUT2D eigenvalue weighted by Gasteiger charge is -2.13. The second-order valence-electron chi connectivity index (χ2n) is 3.00. The van der Waals surface area contributed by atoms with Gasteiger partial charge in [0.1, 0.15) is 0 Å². The second-order valence-corrected chi connectivity index (χ2v) is 3.00. The SMILES string of the molecule is Cl.N[C@@H](CCO)c1c(F)c(F)cc(F)c1F. The molecule has 0 spiro atoms. The molecule has 1 aromatic carbocycles. The molecule has 0 aliphatic heterocycles. The molecule has 0 radical (unpaired) electrons. The molecule has 1 rings (SSSR count). The zero-order valence-electron chi connectivity index (χ0n) is 8.01. The number of hydrogen-bond acceptors (Lipinski definition) is 2. The van der Waals surface area contributed by atoms with Crippen LogP contribution in [0.25, 0.3) is 0 Å².